The largest absolute Gasteiger partial charge is 0.497 e. The van der Waals surface area contributed by atoms with Gasteiger partial charge in [-0.15, -0.1) is 0 Å². The Morgan fingerprint density at radius 1 is 0.645 bits per heavy atom. The van der Waals surface area contributed by atoms with Crippen LogP contribution in [-0.2, 0) is 18.3 Å². The van der Waals surface area contributed by atoms with Crippen LogP contribution < -0.4 is 9.47 Å². The molecule has 0 aliphatic heterocycles. The van der Waals surface area contributed by atoms with E-state index in [2.05, 4.69) is 0 Å². The fraction of sp³-hybridized carbons (Fsp3) is 0.259. The highest BCUT2D eigenvalue weighted by molar-refractivity contribution is 5.33. The van der Waals surface area contributed by atoms with Crippen molar-refractivity contribution < 1.29 is 26.5 Å². The summed E-state index contributed by atoms with van der Waals surface area (Å²) >= 11 is 0. The maximum atomic E-state index is 8.34. The van der Waals surface area contributed by atoms with Crippen LogP contribution in [-0.4, -0.2) is 14.2 Å². The third-order valence-electron chi connectivity index (χ3n) is 5.14. The minimum absolute atomic E-state index is 0.193. The molecule has 4 aromatic rings. The number of ether oxygens (including phenoxy) is 2. The smallest absolute Gasteiger partial charge is 0.118 e. The molecule has 0 saturated heterocycles. The number of furan rings is 2. The van der Waals surface area contributed by atoms with E-state index in [1.54, 1.807) is 26.4 Å². The van der Waals surface area contributed by atoms with E-state index in [0.717, 1.165) is 11.1 Å². The van der Waals surface area contributed by atoms with E-state index in [1.165, 1.54) is 12.1 Å². The summed E-state index contributed by atoms with van der Waals surface area (Å²) in [4.78, 5) is 0. The fourth-order valence-electron chi connectivity index (χ4n) is 3.36. The molecule has 0 aliphatic rings. The SMILES string of the molecule is [2H]C([2H])([2H])C(c1ccc(Cc2ccc(OC)cc2)o1)(c1ccc(Cc2ccc(OC)cc2)o1)C([2H])([2H])[2H]. The summed E-state index contributed by atoms with van der Waals surface area (Å²) in [5, 5.41) is 0. The van der Waals surface area contributed by atoms with Gasteiger partial charge in [0.15, 0.2) is 0 Å². The first-order valence-corrected chi connectivity index (χ1v) is 9.92. The molecule has 160 valence electrons. The predicted molar refractivity (Wildman–Crippen MR) is 121 cm³/mol. The molecule has 31 heavy (non-hydrogen) atoms. The predicted octanol–water partition coefficient (Wildman–Crippen LogP) is 6.40. The zero-order valence-electron chi connectivity index (χ0n) is 23.5. The molecule has 4 nitrogen and oxygen atoms in total. The van der Waals surface area contributed by atoms with E-state index in [-0.39, 0.29) is 11.5 Å². The number of rotatable bonds is 8. The van der Waals surface area contributed by atoms with Crippen LogP contribution in [0.4, 0.5) is 0 Å². The van der Waals surface area contributed by atoms with Gasteiger partial charge in [0.25, 0.3) is 0 Å². The van der Waals surface area contributed by atoms with E-state index in [0.29, 0.717) is 35.9 Å². The summed E-state index contributed by atoms with van der Waals surface area (Å²) in [6.45, 7) is -5.99. The van der Waals surface area contributed by atoms with E-state index in [9.17, 15) is 0 Å². The lowest BCUT2D eigenvalue weighted by molar-refractivity contribution is 0.345. The van der Waals surface area contributed by atoms with E-state index in [1.807, 2.05) is 48.5 Å². The van der Waals surface area contributed by atoms with Crippen molar-refractivity contribution >= 4 is 0 Å². The molecule has 0 bridgehead atoms. The molecule has 4 heteroatoms. The zero-order valence-corrected chi connectivity index (χ0v) is 17.5. The van der Waals surface area contributed by atoms with Crippen molar-refractivity contribution in [2.24, 2.45) is 0 Å². The summed E-state index contributed by atoms with van der Waals surface area (Å²) in [5.74, 6) is 1.89. The molecule has 0 atom stereocenters. The summed E-state index contributed by atoms with van der Waals surface area (Å²) < 4.78 is 72.3. The van der Waals surface area contributed by atoms with Gasteiger partial charge in [0, 0.05) is 21.1 Å². The van der Waals surface area contributed by atoms with Gasteiger partial charge in [0.1, 0.15) is 34.5 Å². The first-order chi connectivity index (χ1) is 17.5. The van der Waals surface area contributed by atoms with Crippen LogP contribution >= 0.6 is 0 Å². The fourth-order valence-corrected chi connectivity index (χ4v) is 3.36. The summed E-state index contributed by atoms with van der Waals surface area (Å²) in [6.07, 6.45) is 0.700. The van der Waals surface area contributed by atoms with Crippen LogP contribution in [0.3, 0.4) is 0 Å². The summed E-state index contributed by atoms with van der Waals surface area (Å²) in [6, 6.07) is 20.7. The van der Waals surface area contributed by atoms with Crippen molar-refractivity contribution in [3.05, 3.63) is 107 Å². The highest BCUT2D eigenvalue weighted by atomic mass is 16.5. The molecular weight excluding hydrogens is 388 g/mol. The van der Waals surface area contributed by atoms with Gasteiger partial charge in [-0.3, -0.25) is 0 Å². The Morgan fingerprint density at radius 2 is 1.06 bits per heavy atom. The van der Waals surface area contributed by atoms with Gasteiger partial charge >= 0.3 is 0 Å². The van der Waals surface area contributed by atoms with Crippen molar-refractivity contribution in [3.63, 3.8) is 0 Å². The molecule has 2 heterocycles. The topological polar surface area (TPSA) is 44.7 Å². The van der Waals surface area contributed by atoms with Crippen LogP contribution in [0.5, 0.6) is 11.5 Å². The second kappa shape index (κ2) is 8.76. The number of hydrogen-bond acceptors (Lipinski definition) is 4. The van der Waals surface area contributed by atoms with Crippen molar-refractivity contribution in [2.75, 3.05) is 14.2 Å². The minimum atomic E-state index is -3.00. The zero-order chi connectivity index (χ0) is 26.8. The monoisotopic (exact) mass is 422 g/mol. The molecule has 2 aromatic carbocycles. The third-order valence-corrected chi connectivity index (χ3v) is 5.14. The highest BCUT2D eigenvalue weighted by Gasteiger charge is 2.30. The molecule has 0 spiro atoms. The molecule has 0 radical (unpaired) electrons. The van der Waals surface area contributed by atoms with Crippen molar-refractivity contribution in [2.45, 2.75) is 32.0 Å². The molecule has 0 unspecified atom stereocenters. The lowest BCUT2D eigenvalue weighted by atomic mass is 9.87. The molecule has 2 aromatic heterocycles. The number of hydrogen-bond donors (Lipinski definition) is 0. The minimum Gasteiger partial charge on any atom is -0.497 e. The molecule has 0 saturated carbocycles. The van der Waals surface area contributed by atoms with Crippen molar-refractivity contribution in [1.29, 1.82) is 0 Å². The molecule has 0 amide bonds. The second-order valence-corrected chi connectivity index (χ2v) is 7.33. The highest BCUT2D eigenvalue weighted by Crippen LogP contribution is 2.34. The maximum absolute atomic E-state index is 8.34. The van der Waals surface area contributed by atoms with Gasteiger partial charge in [0.2, 0.25) is 0 Å². The van der Waals surface area contributed by atoms with Gasteiger partial charge in [-0.05, 0) is 73.4 Å². The number of benzene rings is 2. The Kier molecular flexibility index (Phi) is 4.12. The van der Waals surface area contributed by atoms with Crippen molar-refractivity contribution in [3.8, 4) is 11.5 Å². The van der Waals surface area contributed by atoms with Crippen LogP contribution in [0.15, 0.2) is 81.6 Å². The van der Waals surface area contributed by atoms with E-state index >= 15 is 0 Å². The lowest BCUT2D eigenvalue weighted by Gasteiger charge is -2.19. The Balaban J connectivity index is 1.71. The van der Waals surface area contributed by atoms with Gasteiger partial charge in [-0.2, -0.15) is 0 Å². The lowest BCUT2D eigenvalue weighted by Crippen LogP contribution is -2.17. The molecule has 0 N–H and O–H groups in total. The first kappa shape index (κ1) is 14.6. The Bertz CT molecular complexity index is 1210. The van der Waals surface area contributed by atoms with Gasteiger partial charge in [-0.25, -0.2) is 0 Å². The summed E-state index contributed by atoms with van der Waals surface area (Å²) in [7, 11) is 3.15. The van der Waals surface area contributed by atoms with Gasteiger partial charge in [-0.1, -0.05) is 24.3 Å². The maximum Gasteiger partial charge on any atom is 0.118 e. The Labute approximate surface area is 191 Å². The second-order valence-electron chi connectivity index (χ2n) is 7.33. The van der Waals surface area contributed by atoms with Gasteiger partial charge < -0.3 is 18.3 Å². The first-order valence-electron chi connectivity index (χ1n) is 12.9. The van der Waals surface area contributed by atoms with Crippen LogP contribution in [0.2, 0.25) is 0 Å². The Morgan fingerprint density at radius 3 is 1.42 bits per heavy atom. The third kappa shape index (κ3) is 4.69. The molecular formula is C27H28O4. The molecule has 0 fully saturated rings. The standard InChI is InChI=1S/C27H28O4/c1-27(2,25-15-13-23(30-25)17-19-5-9-21(28-3)10-6-19)26-16-14-24(31-26)18-20-7-11-22(29-4)12-8-20/h5-16H,17-18H2,1-4H3/i1D3,2D3. The summed E-state index contributed by atoms with van der Waals surface area (Å²) in [5.41, 5.74) is -0.694. The van der Waals surface area contributed by atoms with Crippen LogP contribution in [0.1, 0.15) is 56.1 Å². The van der Waals surface area contributed by atoms with E-state index in [4.69, 9.17) is 26.5 Å². The van der Waals surface area contributed by atoms with E-state index < -0.39 is 19.1 Å². The average molecular weight is 423 g/mol. The van der Waals surface area contributed by atoms with Crippen LogP contribution in [0, 0.1) is 0 Å². The number of methoxy groups -OCH3 is 2. The molecule has 4 rings (SSSR count). The van der Waals surface area contributed by atoms with Gasteiger partial charge in [0.05, 0.1) is 19.6 Å². The van der Waals surface area contributed by atoms with Crippen molar-refractivity contribution in [1.82, 2.24) is 0 Å². The van der Waals surface area contributed by atoms with Crippen LogP contribution in [0.25, 0.3) is 0 Å². The normalized spacial score (nSPS) is 15.2. The molecule has 0 aliphatic carbocycles. The average Bonchev–Trinajstić information content (AvgIpc) is 3.49. The Hall–Kier alpha value is -3.40. The quantitative estimate of drug-likeness (QED) is 0.330.